The van der Waals surface area contributed by atoms with E-state index < -0.39 is 0 Å². The van der Waals surface area contributed by atoms with Crippen LogP contribution in [0.4, 0.5) is 17.3 Å². The fourth-order valence-electron chi connectivity index (χ4n) is 2.38. The second-order valence-electron chi connectivity index (χ2n) is 4.56. The Kier molecular flexibility index (Phi) is 3.21. The molecule has 4 nitrogen and oxygen atoms in total. The van der Waals surface area contributed by atoms with Gasteiger partial charge in [0.15, 0.2) is 5.82 Å². The fourth-order valence-corrected chi connectivity index (χ4v) is 2.38. The quantitative estimate of drug-likeness (QED) is 0.788. The molecule has 20 heavy (non-hydrogen) atoms. The van der Waals surface area contributed by atoms with E-state index in [2.05, 4.69) is 52.4 Å². The van der Waals surface area contributed by atoms with Gasteiger partial charge in [-0.2, -0.15) is 0 Å². The zero-order valence-corrected chi connectivity index (χ0v) is 11.3. The molecule has 0 saturated heterocycles. The largest absolute Gasteiger partial charge is 0.382 e. The Labute approximate surface area is 117 Å². The first kappa shape index (κ1) is 12.4. The Balaban J connectivity index is 2.14. The molecule has 0 aliphatic rings. The molecule has 2 N–H and O–H groups in total. The zero-order chi connectivity index (χ0) is 13.9. The van der Waals surface area contributed by atoms with E-state index in [1.54, 1.807) is 6.07 Å². The molecule has 0 fully saturated rings. The highest BCUT2D eigenvalue weighted by atomic mass is 15.3. The molecule has 0 aliphatic heterocycles. The molecule has 0 unspecified atom stereocenters. The molecule has 1 aromatic heterocycles. The molecule has 0 amide bonds. The summed E-state index contributed by atoms with van der Waals surface area (Å²) >= 11 is 0. The van der Waals surface area contributed by atoms with Crippen LogP contribution in [-0.2, 0) is 0 Å². The molecule has 0 radical (unpaired) electrons. The van der Waals surface area contributed by atoms with Gasteiger partial charge >= 0.3 is 0 Å². The Hall–Kier alpha value is -2.62. The summed E-state index contributed by atoms with van der Waals surface area (Å²) < 4.78 is 0. The number of nitrogens with two attached hydrogens (primary N) is 1. The molecule has 0 bridgehead atoms. The number of rotatable bonds is 3. The number of aromatic nitrogens is 2. The van der Waals surface area contributed by atoms with E-state index in [4.69, 9.17) is 5.73 Å². The van der Waals surface area contributed by atoms with Crippen LogP contribution in [0.5, 0.6) is 0 Å². The summed E-state index contributed by atoms with van der Waals surface area (Å²) in [6.07, 6.45) is 0. The number of nitrogen functional groups attached to an aromatic ring is 1. The van der Waals surface area contributed by atoms with E-state index in [0.29, 0.717) is 5.82 Å². The van der Waals surface area contributed by atoms with Gasteiger partial charge in [0.1, 0.15) is 5.82 Å². The Bertz CT molecular complexity index is 717. The lowest BCUT2D eigenvalue weighted by Crippen LogP contribution is -2.18. The van der Waals surface area contributed by atoms with Crippen molar-refractivity contribution in [2.24, 2.45) is 0 Å². The number of benzene rings is 2. The number of anilines is 3. The first-order valence-electron chi connectivity index (χ1n) is 6.64. The van der Waals surface area contributed by atoms with Gasteiger partial charge in [0.2, 0.25) is 0 Å². The lowest BCUT2D eigenvalue weighted by molar-refractivity contribution is 0.940. The van der Waals surface area contributed by atoms with Gasteiger partial charge in [0.25, 0.3) is 0 Å². The van der Waals surface area contributed by atoms with Gasteiger partial charge in [0.05, 0.1) is 5.69 Å². The number of fused-ring (bicyclic) bond motifs is 1. The van der Waals surface area contributed by atoms with Gasteiger partial charge in [-0.3, -0.25) is 0 Å². The smallest absolute Gasteiger partial charge is 0.155 e. The monoisotopic (exact) mass is 264 g/mol. The highest BCUT2D eigenvalue weighted by Crippen LogP contribution is 2.30. The summed E-state index contributed by atoms with van der Waals surface area (Å²) in [5, 5.41) is 10.5. The van der Waals surface area contributed by atoms with Crippen molar-refractivity contribution in [3.63, 3.8) is 0 Å². The van der Waals surface area contributed by atoms with E-state index in [1.165, 1.54) is 10.8 Å². The van der Waals surface area contributed by atoms with Crippen LogP contribution in [0.1, 0.15) is 6.92 Å². The van der Waals surface area contributed by atoms with E-state index >= 15 is 0 Å². The highest BCUT2D eigenvalue weighted by Gasteiger charge is 2.11. The first-order chi connectivity index (χ1) is 9.79. The van der Waals surface area contributed by atoms with Crippen molar-refractivity contribution in [3.8, 4) is 0 Å². The summed E-state index contributed by atoms with van der Waals surface area (Å²) in [5.74, 6) is 1.24. The van der Waals surface area contributed by atoms with Crippen LogP contribution in [0.3, 0.4) is 0 Å². The first-order valence-corrected chi connectivity index (χ1v) is 6.64. The van der Waals surface area contributed by atoms with Crippen molar-refractivity contribution in [1.82, 2.24) is 10.2 Å². The molecule has 3 rings (SSSR count). The summed E-state index contributed by atoms with van der Waals surface area (Å²) in [6.45, 7) is 2.91. The fraction of sp³-hybridized carbons (Fsp3) is 0.125. The van der Waals surface area contributed by atoms with Crippen LogP contribution in [-0.4, -0.2) is 16.7 Å². The molecule has 3 aromatic rings. The maximum atomic E-state index is 5.61. The predicted molar refractivity (Wildman–Crippen MR) is 83.1 cm³/mol. The summed E-state index contributed by atoms with van der Waals surface area (Å²) in [4.78, 5) is 2.13. The van der Waals surface area contributed by atoms with Gasteiger partial charge in [-0.1, -0.05) is 36.4 Å². The molecule has 0 saturated carbocycles. The molecular weight excluding hydrogens is 248 g/mol. The lowest BCUT2D eigenvalue weighted by Gasteiger charge is -2.23. The van der Waals surface area contributed by atoms with Crippen LogP contribution in [0.2, 0.25) is 0 Å². The van der Waals surface area contributed by atoms with Crippen molar-refractivity contribution >= 4 is 28.1 Å². The SMILES string of the molecule is CCN(c1ccc(N)nn1)c1cccc2ccccc12. The number of nitrogens with zero attached hydrogens (tertiary/aromatic N) is 3. The van der Waals surface area contributed by atoms with Gasteiger partial charge < -0.3 is 10.6 Å². The van der Waals surface area contributed by atoms with Crippen molar-refractivity contribution in [1.29, 1.82) is 0 Å². The maximum absolute atomic E-state index is 5.61. The minimum absolute atomic E-state index is 0.433. The normalized spacial score (nSPS) is 10.7. The lowest BCUT2D eigenvalue weighted by atomic mass is 10.1. The van der Waals surface area contributed by atoms with Gasteiger partial charge in [-0.05, 0) is 30.5 Å². The summed E-state index contributed by atoms with van der Waals surface area (Å²) in [5.41, 5.74) is 6.73. The Morgan fingerprint density at radius 1 is 0.950 bits per heavy atom. The van der Waals surface area contributed by atoms with Crippen LogP contribution < -0.4 is 10.6 Å². The average molecular weight is 264 g/mol. The van der Waals surface area contributed by atoms with Crippen LogP contribution in [0, 0.1) is 0 Å². The minimum Gasteiger partial charge on any atom is -0.382 e. The van der Waals surface area contributed by atoms with Gasteiger partial charge in [0, 0.05) is 11.9 Å². The molecule has 4 heteroatoms. The van der Waals surface area contributed by atoms with Crippen molar-refractivity contribution in [2.45, 2.75) is 6.92 Å². The number of hydrogen-bond acceptors (Lipinski definition) is 4. The second kappa shape index (κ2) is 5.17. The van der Waals surface area contributed by atoms with E-state index in [9.17, 15) is 0 Å². The molecule has 0 spiro atoms. The predicted octanol–water partition coefficient (Wildman–Crippen LogP) is 3.37. The van der Waals surface area contributed by atoms with Crippen LogP contribution >= 0.6 is 0 Å². The van der Waals surface area contributed by atoms with Crippen LogP contribution in [0.25, 0.3) is 10.8 Å². The average Bonchev–Trinajstić information content (AvgIpc) is 2.50. The van der Waals surface area contributed by atoms with Crippen molar-refractivity contribution in [3.05, 3.63) is 54.6 Å². The zero-order valence-electron chi connectivity index (χ0n) is 11.3. The molecule has 2 aromatic carbocycles. The minimum atomic E-state index is 0.433. The third kappa shape index (κ3) is 2.16. The van der Waals surface area contributed by atoms with Crippen molar-refractivity contribution in [2.75, 3.05) is 17.2 Å². The maximum Gasteiger partial charge on any atom is 0.155 e. The molecule has 0 atom stereocenters. The summed E-state index contributed by atoms with van der Waals surface area (Å²) in [6, 6.07) is 18.3. The van der Waals surface area contributed by atoms with E-state index in [-0.39, 0.29) is 0 Å². The van der Waals surface area contributed by atoms with Crippen molar-refractivity contribution < 1.29 is 0 Å². The summed E-state index contributed by atoms with van der Waals surface area (Å²) in [7, 11) is 0. The third-order valence-electron chi connectivity index (χ3n) is 3.32. The van der Waals surface area contributed by atoms with E-state index in [0.717, 1.165) is 18.1 Å². The molecular formula is C16H16N4. The van der Waals surface area contributed by atoms with Gasteiger partial charge in [-0.15, -0.1) is 10.2 Å². The standard InChI is InChI=1S/C16H16N4/c1-2-20(16-11-10-15(17)18-19-16)14-9-5-7-12-6-3-4-8-13(12)14/h3-11H,2H2,1H3,(H2,17,18). The topological polar surface area (TPSA) is 55.0 Å². The Morgan fingerprint density at radius 3 is 2.50 bits per heavy atom. The third-order valence-corrected chi connectivity index (χ3v) is 3.32. The van der Waals surface area contributed by atoms with Gasteiger partial charge in [-0.25, -0.2) is 0 Å². The molecule has 0 aliphatic carbocycles. The second-order valence-corrected chi connectivity index (χ2v) is 4.56. The molecule has 1 heterocycles. The van der Waals surface area contributed by atoms with E-state index in [1.807, 2.05) is 18.2 Å². The number of hydrogen-bond donors (Lipinski definition) is 1. The van der Waals surface area contributed by atoms with Crippen LogP contribution in [0.15, 0.2) is 54.6 Å². The Morgan fingerprint density at radius 2 is 1.75 bits per heavy atom. The molecule has 100 valence electrons. The highest BCUT2D eigenvalue weighted by molar-refractivity contribution is 5.95.